The van der Waals surface area contributed by atoms with E-state index >= 15 is 0 Å². The number of hydrogen-bond acceptors (Lipinski definition) is 5. The Labute approximate surface area is 150 Å². The normalized spacial score (nSPS) is 17.9. The molecule has 1 saturated heterocycles. The van der Waals surface area contributed by atoms with Gasteiger partial charge in [-0.05, 0) is 39.5 Å². The predicted molar refractivity (Wildman–Crippen MR) is 98.0 cm³/mol. The molecule has 7 nitrogen and oxygen atoms in total. The van der Waals surface area contributed by atoms with Gasteiger partial charge in [0.2, 0.25) is 0 Å². The molecule has 0 amide bonds. The smallest absolute Gasteiger partial charge is 0.190 e. The molecule has 1 unspecified atom stereocenters. The third kappa shape index (κ3) is 7.04. The zero-order chi connectivity index (χ0) is 17.9. The van der Waals surface area contributed by atoms with E-state index in [1.54, 1.807) is 7.05 Å². The fourth-order valence-corrected chi connectivity index (χ4v) is 2.90. The molecule has 0 spiro atoms. The summed E-state index contributed by atoms with van der Waals surface area (Å²) in [5.41, 5.74) is 2.21. The fraction of sp³-hybridized carbons (Fsp3) is 0.778. The van der Waals surface area contributed by atoms with Crippen molar-refractivity contribution in [2.75, 3.05) is 46.6 Å². The van der Waals surface area contributed by atoms with Crippen LogP contribution in [0.15, 0.2) is 9.52 Å². The lowest BCUT2D eigenvalue weighted by atomic mass is 10.1. The third-order valence-corrected chi connectivity index (χ3v) is 4.44. The molecule has 1 fully saturated rings. The zero-order valence-electron chi connectivity index (χ0n) is 15.8. The quantitative estimate of drug-likeness (QED) is 0.380. The van der Waals surface area contributed by atoms with Crippen LogP contribution >= 0.6 is 0 Å². The van der Waals surface area contributed by atoms with Gasteiger partial charge in [-0.1, -0.05) is 5.16 Å². The standard InChI is InChI=1S/C18H32N4O3/c1-14-17(15(2)25-22-14)6-4-8-20-18(19-3)21-9-5-10-23-12-16-7-11-24-13-16/h16H,4-13H2,1-3H3,(H2,19,20,21). The highest BCUT2D eigenvalue weighted by molar-refractivity contribution is 5.79. The molecule has 0 bridgehead atoms. The molecule has 2 N–H and O–H groups in total. The Morgan fingerprint density at radius 3 is 2.72 bits per heavy atom. The second kappa shape index (κ2) is 11.1. The molecule has 1 aliphatic rings. The maximum atomic E-state index is 5.70. The first kappa shape index (κ1) is 19.7. The van der Waals surface area contributed by atoms with Crippen molar-refractivity contribution in [3.05, 3.63) is 17.0 Å². The number of aromatic nitrogens is 1. The van der Waals surface area contributed by atoms with E-state index in [9.17, 15) is 0 Å². The van der Waals surface area contributed by atoms with Crippen LogP contribution in [0.5, 0.6) is 0 Å². The van der Waals surface area contributed by atoms with E-state index in [-0.39, 0.29) is 0 Å². The topological polar surface area (TPSA) is 80.9 Å². The minimum atomic E-state index is 0.583. The molecule has 0 saturated carbocycles. The fourth-order valence-electron chi connectivity index (χ4n) is 2.90. The molecule has 2 heterocycles. The Bertz CT molecular complexity index is 505. The van der Waals surface area contributed by atoms with E-state index < -0.39 is 0 Å². The maximum absolute atomic E-state index is 5.70. The number of ether oxygens (including phenoxy) is 2. The van der Waals surface area contributed by atoms with Crippen molar-refractivity contribution in [1.29, 1.82) is 0 Å². The number of nitrogens with zero attached hydrogens (tertiary/aromatic N) is 2. The van der Waals surface area contributed by atoms with Crippen molar-refractivity contribution < 1.29 is 14.0 Å². The highest BCUT2D eigenvalue weighted by Crippen LogP contribution is 2.14. The van der Waals surface area contributed by atoms with Crippen molar-refractivity contribution in [1.82, 2.24) is 15.8 Å². The van der Waals surface area contributed by atoms with E-state index in [0.717, 1.165) is 82.6 Å². The molecule has 2 rings (SSSR count). The van der Waals surface area contributed by atoms with Gasteiger partial charge in [-0.3, -0.25) is 4.99 Å². The molecule has 1 aliphatic heterocycles. The Morgan fingerprint density at radius 1 is 1.28 bits per heavy atom. The summed E-state index contributed by atoms with van der Waals surface area (Å²) in [6.45, 7) is 8.98. The lowest BCUT2D eigenvalue weighted by Crippen LogP contribution is -2.38. The third-order valence-electron chi connectivity index (χ3n) is 4.44. The molecule has 1 aromatic heterocycles. The van der Waals surface area contributed by atoms with Crippen molar-refractivity contribution in [2.24, 2.45) is 10.9 Å². The average Bonchev–Trinajstić information content (AvgIpc) is 3.24. The van der Waals surface area contributed by atoms with Gasteiger partial charge in [0.05, 0.1) is 18.9 Å². The Kier molecular flexibility index (Phi) is 8.76. The second-order valence-corrected chi connectivity index (χ2v) is 6.49. The monoisotopic (exact) mass is 352 g/mol. The first-order chi connectivity index (χ1) is 12.2. The van der Waals surface area contributed by atoms with Gasteiger partial charge < -0.3 is 24.6 Å². The van der Waals surface area contributed by atoms with Crippen LogP contribution in [0.3, 0.4) is 0 Å². The minimum absolute atomic E-state index is 0.583. The molecule has 7 heteroatoms. The van der Waals surface area contributed by atoms with Crippen LogP contribution < -0.4 is 10.6 Å². The SMILES string of the molecule is CN=C(NCCCOCC1CCOC1)NCCCc1c(C)noc1C. The molecule has 0 radical (unpaired) electrons. The van der Waals surface area contributed by atoms with Crippen LogP contribution in [0.1, 0.15) is 36.3 Å². The summed E-state index contributed by atoms with van der Waals surface area (Å²) in [6.07, 6.45) is 4.07. The zero-order valence-corrected chi connectivity index (χ0v) is 15.8. The minimum Gasteiger partial charge on any atom is -0.381 e. The van der Waals surface area contributed by atoms with E-state index in [4.69, 9.17) is 14.0 Å². The van der Waals surface area contributed by atoms with E-state index in [0.29, 0.717) is 5.92 Å². The van der Waals surface area contributed by atoms with Crippen molar-refractivity contribution >= 4 is 5.96 Å². The van der Waals surface area contributed by atoms with Gasteiger partial charge in [-0.25, -0.2) is 0 Å². The van der Waals surface area contributed by atoms with Crippen LogP contribution in [0, 0.1) is 19.8 Å². The molecule has 1 aromatic rings. The summed E-state index contributed by atoms with van der Waals surface area (Å²) in [5.74, 6) is 2.34. The van der Waals surface area contributed by atoms with Gasteiger partial charge in [0.1, 0.15) is 5.76 Å². The number of nitrogens with one attached hydrogen (secondary N) is 2. The summed E-state index contributed by atoms with van der Waals surface area (Å²) in [4.78, 5) is 4.24. The molecular weight excluding hydrogens is 320 g/mol. The number of aliphatic imine (C=N–C) groups is 1. The molecule has 0 aromatic carbocycles. The number of rotatable bonds is 10. The van der Waals surface area contributed by atoms with Gasteiger partial charge in [0.15, 0.2) is 5.96 Å². The lowest BCUT2D eigenvalue weighted by Gasteiger charge is -2.12. The number of aryl methyl sites for hydroxylation is 2. The second-order valence-electron chi connectivity index (χ2n) is 6.49. The lowest BCUT2D eigenvalue weighted by molar-refractivity contribution is 0.0888. The highest BCUT2D eigenvalue weighted by atomic mass is 16.5. The average molecular weight is 352 g/mol. The molecule has 142 valence electrons. The molecule has 25 heavy (non-hydrogen) atoms. The summed E-state index contributed by atoms with van der Waals surface area (Å²) in [6, 6.07) is 0. The van der Waals surface area contributed by atoms with E-state index in [2.05, 4.69) is 20.8 Å². The van der Waals surface area contributed by atoms with Crippen LogP contribution in [0.2, 0.25) is 0 Å². The van der Waals surface area contributed by atoms with Gasteiger partial charge in [-0.15, -0.1) is 0 Å². The largest absolute Gasteiger partial charge is 0.381 e. The van der Waals surface area contributed by atoms with E-state index in [1.165, 1.54) is 5.56 Å². The summed E-state index contributed by atoms with van der Waals surface area (Å²) in [5, 5.41) is 10.6. The van der Waals surface area contributed by atoms with Crippen LogP contribution in [0.25, 0.3) is 0 Å². The first-order valence-electron chi connectivity index (χ1n) is 9.22. The van der Waals surface area contributed by atoms with Crippen molar-refractivity contribution in [3.8, 4) is 0 Å². The Balaban J connectivity index is 1.49. The number of guanidine groups is 1. The van der Waals surface area contributed by atoms with Crippen LogP contribution in [0.4, 0.5) is 0 Å². The predicted octanol–water partition coefficient (Wildman–Crippen LogP) is 1.83. The molecular formula is C18H32N4O3. The molecule has 1 atom stereocenters. The van der Waals surface area contributed by atoms with Crippen LogP contribution in [-0.2, 0) is 15.9 Å². The summed E-state index contributed by atoms with van der Waals surface area (Å²) < 4.78 is 16.2. The van der Waals surface area contributed by atoms with Gasteiger partial charge in [0, 0.05) is 44.8 Å². The van der Waals surface area contributed by atoms with Gasteiger partial charge in [-0.2, -0.15) is 0 Å². The molecule has 0 aliphatic carbocycles. The number of hydrogen-bond donors (Lipinski definition) is 2. The van der Waals surface area contributed by atoms with Crippen molar-refractivity contribution in [3.63, 3.8) is 0 Å². The Hall–Kier alpha value is -1.60. The van der Waals surface area contributed by atoms with Crippen molar-refractivity contribution in [2.45, 2.75) is 39.5 Å². The van der Waals surface area contributed by atoms with E-state index in [1.807, 2.05) is 13.8 Å². The van der Waals surface area contributed by atoms with Gasteiger partial charge >= 0.3 is 0 Å². The van der Waals surface area contributed by atoms with Gasteiger partial charge in [0.25, 0.3) is 0 Å². The first-order valence-corrected chi connectivity index (χ1v) is 9.22. The maximum Gasteiger partial charge on any atom is 0.190 e. The summed E-state index contributed by atoms with van der Waals surface area (Å²) in [7, 11) is 1.79. The summed E-state index contributed by atoms with van der Waals surface area (Å²) >= 11 is 0. The Morgan fingerprint density at radius 2 is 2.08 bits per heavy atom. The van der Waals surface area contributed by atoms with Crippen LogP contribution in [-0.4, -0.2) is 57.7 Å². The highest BCUT2D eigenvalue weighted by Gasteiger charge is 2.15.